The maximum absolute atomic E-state index is 12.4. The predicted octanol–water partition coefficient (Wildman–Crippen LogP) is 1.49. The van der Waals surface area contributed by atoms with Gasteiger partial charge in [0.05, 0.1) is 0 Å². The van der Waals surface area contributed by atoms with Crippen LogP contribution in [0.25, 0.3) is 0 Å². The van der Waals surface area contributed by atoms with Gasteiger partial charge < -0.3 is 14.5 Å². The molecular weight excluding hydrogens is 292 g/mol. The summed E-state index contributed by atoms with van der Waals surface area (Å²) in [4.78, 5) is 26.0. The zero-order chi connectivity index (χ0) is 15.8. The van der Waals surface area contributed by atoms with Crippen molar-refractivity contribution in [3.63, 3.8) is 0 Å². The summed E-state index contributed by atoms with van der Waals surface area (Å²) >= 11 is 0. The van der Waals surface area contributed by atoms with E-state index in [0.29, 0.717) is 5.92 Å². The summed E-state index contributed by atoms with van der Waals surface area (Å²) in [5.41, 5.74) is 1.04. The highest BCUT2D eigenvalue weighted by atomic mass is 16.5. The maximum atomic E-state index is 12.4. The number of ether oxygens (including phenoxy) is 1. The van der Waals surface area contributed by atoms with Crippen molar-refractivity contribution in [3.05, 3.63) is 17.6 Å². The van der Waals surface area contributed by atoms with E-state index in [2.05, 4.69) is 16.0 Å². The number of hydrogen-bond donors (Lipinski definition) is 0. The minimum atomic E-state index is -0.204. The van der Waals surface area contributed by atoms with Gasteiger partial charge in [-0.1, -0.05) is 0 Å². The van der Waals surface area contributed by atoms with Gasteiger partial charge >= 0.3 is 0 Å². The van der Waals surface area contributed by atoms with Crippen LogP contribution in [0.1, 0.15) is 43.1 Å². The molecule has 1 atom stereocenters. The second kappa shape index (κ2) is 6.07. The SMILES string of the molecule is Cc1cc(N2CCN(C(=O)C3CCCO3)CC2)nc(C2CC2)n1. The van der Waals surface area contributed by atoms with E-state index in [1.165, 1.54) is 12.8 Å². The van der Waals surface area contributed by atoms with Crippen molar-refractivity contribution < 1.29 is 9.53 Å². The van der Waals surface area contributed by atoms with Gasteiger partial charge in [0.15, 0.2) is 0 Å². The van der Waals surface area contributed by atoms with Crippen molar-refractivity contribution in [2.45, 2.75) is 44.6 Å². The standard InChI is InChI=1S/C17H24N4O2/c1-12-11-15(19-16(18-12)13-4-5-13)20-6-8-21(9-7-20)17(22)14-3-2-10-23-14/h11,13-14H,2-10H2,1H3. The molecule has 2 aliphatic heterocycles. The van der Waals surface area contributed by atoms with E-state index < -0.39 is 0 Å². The second-order valence-electron chi connectivity index (χ2n) is 6.81. The summed E-state index contributed by atoms with van der Waals surface area (Å²) in [6.07, 6.45) is 4.10. The van der Waals surface area contributed by atoms with Crippen LogP contribution in [0.15, 0.2) is 6.07 Å². The van der Waals surface area contributed by atoms with Crippen LogP contribution in [-0.4, -0.2) is 59.7 Å². The first-order chi connectivity index (χ1) is 11.2. The molecule has 2 saturated heterocycles. The Balaban J connectivity index is 1.40. The molecule has 1 unspecified atom stereocenters. The number of piperazine rings is 1. The summed E-state index contributed by atoms with van der Waals surface area (Å²) in [5.74, 6) is 2.75. The fourth-order valence-electron chi connectivity index (χ4n) is 3.39. The van der Waals surface area contributed by atoms with Gasteiger partial charge in [0, 0.05) is 50.5 Å². The van der Waals surface area contributed by atoms with E-state index in [1.807, 2.05) is 11.8 Å². The van der Waals surface area contributed by atoms with Crippen molar-refractivity contribution in [2.75, 3.05) is 37.7 Å². The lowest BCUT2D eigenvalue weighted by Gasteiger charge is -2.36. The Morgan fingerprint density at radius 1 is 1.17 bits per heavy atom. The molecule has 1 aromatic heterocycles. The Bertz CT molecular complexity index is 588. The molecule has 1 aromatic rings. The number of rotatable bonds is 3. The van der Waals surface area contributed by atoms with Gasteiger partial charge in [-0.15, -0.1) is 0 Å². The number of amides is 1. The van der Waals surface area contributed by atoms with Crippen molar-refractivity contribution in [1.29, 1.82) is 0 Å². The van der Waals surface area contributed by atoms with Crippen LogP contribution in [0.2, 0.25) is 0 Å². The number of aromatic nitrogens is 2. The summed E-state index contributed by atoms with van der Waals surface area (Å²) in [5, 5.41) is 0. The number of nitrogens with zero attached hydrogens (tertiary/aromatic N) is 4. The van der Waals surface area contributed by atoms with E-state index >= 15 is 0 Å². The maximum Gasteiger partial charge on any atom is 0.251 e. The molecule has 1 aliphatic carbocycles. The van der Waals surface area contributed by atoms with Gasteiger partial charge in [0.1, 0.15) is 17.7 Å². The van der Waals surface area contributed by atoms with Gasteiger partial charge in [0.2, 0.25) is 0 Å². The van der Waals surface area contributed by atoms with Crippen LogP contribution in [0.5, 0.6) is 0 Å². The fraction of sp³-hybridized carbons (Fsp3) is 0.706. The molecule has 0 bridgehead atoms. The summed E-state index contributed by atoms with van der Waals surface area (Å²) < 4.78 is 5.52. The zero-order valence-corrected chi connectivity index (χ0v) is 13.7. The fourth-order valence-corrected chi connectivity index (χ4v) is 3.39. The first-order valence-electron chi connectivity index (χ1n) is 8.71. The van der Waals surface area contributed by atoms with Crippen molar-refractivity contribution in [3.8, 4) is 0 Å². The highest BCUT2D eigenvalue weighted by molar-refractivity contribution is 5.81. The number of carbonyl (C=O) groups excluding carboxylic acids is 1. The normalized spacial score (nSPS) is 25.0. The zero-order valence-electron chi connectivity index (χ0n) is 13.7. The van der Waals surface area contributed by atoms with Crippen LogP contribution in [0.3, 0.4) is 0 Å². The van der Waals surface area contributed by atoms with Crippen LogP contribution in [-0.2, 0) is 9.53 Å². The smallest absolute Gasteiger partial charge is 0.251 e. The molecule has 4 rings (SSSR count). The Labute approximate surface area is 136 Å². The second-order valence-corrected chi connectivity index (χ2v) is 6.81. The molecule has 0 N–H and O–H groups in total. The first-order valence-corrected chi connectivity index (χ1v) is 8.71. The number of aryl methyl sites for hydroxylation is 1. The lowest BCUT2D eigenvalue weighted by atomic mass is 10.2. The molecule has 3 aliphatic rings. The van der Waals surface area contributed by atoms with E-state index in [0.717, 1.165) is 63.0 Å². The number of hydrogen-bond acceptors (Lipinski definition) is 5. The average Bonchev–Trinajstić information content (AvgIpc) is 3.28. The molecule has 0 spiro atoms. The Morgan fingerprint density at radius 2 is 1.96 bits per heavy atom. The molecule has 6 heteroatoms. The predicted molar refractivity (Wildman–Crippen MR) is 86.5 cm³/mol. The topological polar surface area (TPSA) is 58.6 Å². The third kappa shape index (κ3) is 3.17. The lowest BCUT2D eigenvalue weighted by molar-refractivity contribution is -0.141. The largest absolute Gasteiger partial charge is 0.368 e. The highest BCUT2D eigenvalue weighted by Gasteiger charge is 2.31. The summed E-state index contributed by atoms with van der Waals surface area (Å²) in [6.45, 7) is 5.92. The number of anilines is 1. The molecule has 3 fully saturated rings. The van der Waals surface area contributed by atoms with Gasteiger partial charge in [-0.3, -0.25) is 4.79 Å². The Hall–Kier alpha value is -1.69. The lowest BCUT2D eigenvalue weighted by Crippen LogP contribution is -2.51. The minimum Gasteiger partial charge on any atom is -0.368 e. The molecular formula is C17H24N4O2. The Morgan fingerprint density at radius 3 is 2.61 bits per heavy atom. The van der Waals surface area contributed by atoms with Crippen molar-refractivity contribution in [2.24, 2.45) is 0 Å². The molecule has 1 amide bonds. The van der Waals surface area contributed by atoms with E-state index in [9.17, 15) is 4.79 Å². The molecule has 0 aromatic carbocycles. The van der Waals surface area contributed by atoms with E-state index in [1.54, 1.807) is 0 Å². The molecule has 3 heterocycles. The van der Waals surface area contributed by atoms with E-state index in [4.69, 9.17) is 9.72 Å². The van der Waals surface area contributed by atoms with Gasteiger partial charge in [-0.25, -0.2) is 9.97 Å². The quantitative estimate of drug-likeness (QED) is 0.845. The molecule has 0 radical (unpaired) electrons. The van der Waals surface area contributed by atoms with Crippen LogP contribution in [0, 0.1) is 6.92 Å². The van der Waals surface area contributed by atoms with Gasteiger partial charge in [-0.05, 0) is 32.6 Å². The Kier molecular flexibility index (Phi) is 3.93. The first kappa shape index (κ1) is 14.9. The third-order valence-corrected chi connectivity index (χ3v) is 4.92. The van der Waals surface area contributed by atoms with Crippen LogP contribution < -0.4 is 4.90 Å². The minimum absolute atomic E-state index is 0.166. The monoisotopic (exact) mass is 316 g/mol. The highest BCUT2D eigenvalue weighted by Crippen LogP contribution is 2.38. The molecule has 6 nitrogen and oxygen atoms in total. The molecule has 23 heavy (non-hydrogen) atoms. The van der Waals surface area contributed by atoms with Crippen LogP contribution >= 0.6 is 0 Å². The third-order valence-electron chi connectivity index (χ3n) is 4.92. The number of carbonyl (C=O) groups is 1. The molecule has 124 valence electrons. The summed E-state index contributed by atoms with van der Waals surface area (Å²) in [7, 11) is 0. The molecule has 1 saturated carbocycles. The van der Waals surface area contributed by atoms with Gasteiger partial charge in [-0.2, -0.15) is 0 Å². The van der Waals surface area contributed by atoms with Crippen molar-refractivity contribution >= 4 is 11.7 Å². The average molecular weight is 316 g/mol. The van der Waals surface area contributed by atoms with E-state index in [-0.39, 0.29) is 12.0 Å². The van der Waals surface area contributed by atoms with Crippen molar-refractivity contribution in [1.82, 2.24) is 14.9 Å². The summed E-state index contributed by atoms with van der Waals surface area (Å²) in [6, 6.07) is 2.06. The van der Waals surface area contributed by atoms with Gasteiger partial charge in [0.25, 0.3) is 5.91 Å². The van der Waals surface area contributed by atoms with Crippen LogP contribution in [0.4, 0.5) is 5.82 Å².